The number of ether oxygens (including phenoxy) is 4. The lowest BCUT2D eigenvalue weighted by atomic mass is 9.95. The van der Waals surface area contributed by atoms with E-state index in [1.54, 1.807) is 14.2 Å². The smallest absolute Gasteiger partial charge is 0.305 e. The number of carbonyl (C=O) groups excluding carboxylic acids is 2. The zero-order valence-corrected chi connectivity index (χ0v) is 33.1. The van der Waals surface area contributed by atoms with Gasteiger partial charge in [0, 0.05) is 41.0 Å². The van der Waals surface area contributed by atoms with Gasteiger partial charge in [-0.25, -0.2) is 9.97 Å². The lowest BCUT2D eigenvalue weighted by molar-refractivity contribution is -0.141. The fraction of sp³-hybridized carbons (Fsp3) is 0.364. The molecule has 10 nitrogen and oxygen atoms in total. The fourth-order valence-corrected chi connectivity index (χ4v) is 7.79. The third-order valence-electron chi connectivity index (χ3n) is 10.9. The lowest BCUT2D eigenvalue weighted by Gasteiger charge is -2.12. The third kappa shape index (κ3) is 7.05. The Bertz CT molecular complexity index is 2370. The first-order valence-electron chi connectivity index (χ1n) is 18.5. The maximum absolute atomic E-state index is 12.4. The monoisotopic (exact) mass is 730 g/mol. The molecule has 2 aliphatic heterocycles. The number of fused-ring (bicyclic) bond motifs is 8. The molecule has 6 rings (SSSR count). The van der Waals surface area contributed by atoms with Crippen molar-refractivity contribution in [2.24, 2.45) is 0 Å². The van der Waals surface area contributed by atoms with Crippen molar-refractivity contribution in [3.63, 3.8) is 0 Å². The highest BCUT2D eigenvalue weighted by Crippen LogP contribution is 2.43. The van der Waals surface area contributed by atoms with Crippen LogP contribution in [-0.4, -0.2) is 60.3 Å². The van der Waals surface area contributed by atoms with Crippen LogP contribution in [0.1, 0.15) is 98.4 Å². The van der Waals surface area contributed by atoms with E-state index in [1.807, 2.05) is 24.3 Å². The molecule has 0 unspecified atom stereocenters. The predicted molar refractivity (Wildman–Crippen MR) is 215 cm³/mol. The summed E-state index contributed by atoms with van der Waals surface area (Å²) in [4.78, 5) is 42.9. The number of aromatic amines is 2. The number of H-pyrrole nitrogens is 2. The van der Waals surface area contributed by atoms with Gasteiger partial charge in [0.05, 0.1) is 56.7 Å². The van der Waals surface area contributed by atoms with E-state index >= 15 is 0 Å². The first-order chi connectivity index (χ1) is 26.0. The predicted octanol–water partition coefficient (Wildman–Crippen LogP) is 9.51. The number of esters is 2. The Balaban J connectivity index is 1.82. The molecule has 0 fully saturated rings. The molecule has 0 saturated heterocycles. The molecule has 282 valence electrons. The molecule has 0 radical (unpaired) electrons. The van der Waals surface area contributed by atoms with Gasteiger partial charge in [0.15, 0.2) is 0 Å². The van der Waals surface area contributed by atoms with Gasteiger partial charge in [-0.2, -0.15) is 0 Å². The van der Waals surface area contributed by atoms with E-state index in [2.05, 4.69) is 63.6 Å². The van der Waals surface area contributed by atoms with Crippen molar-refractivity contribution in [1.29, 1.82) is 0 Å². The van der Waals surface area contributed by atoms with Gasteiger partial charge >= 0.3 is 11.9 Å². The number of aryl methyl sites for hydroxylation is 4. The quantitative estimate of drug-likeness (QED) is 0.146. The molecule has 10 heteroatoms. The summed E-state index contributed by atoms with van der Waals surface area (Å²) in [6, 6.07) is 12.2. The van der Waals surface area contributed by atoms with Crippen LogP contribution >= 0.6 is 0 Å². The standard InChI is InChI=1S/C44H50N4O6/c1-11-30-25(5)43-42(27-17-28(51-7)19-29(18-27)52-8)44-26(6)31(12-2)37(48-44)21-35-24(4)33(14-16-41(50)54-10)39(46-35)22-38-32(13-15-40(49)53-9)23(3)34(45-38)20-36(30)47-43/h17-22,45,48H,11-16H2,1-10H3. The van der Waals surface area contributed by atoms with Crippen LogP contribution in [0.3, 0.4) is 0 Å². The Kier molecular flexibility index (Phi) is 11.1. The van der Waals surface area contributed by atoms with Crippen LogP contribution in [0.2, 0.25) is 0 Å². The average molecular weight is 731 g/mol. The van der Waals surface area contributed by atoms with Gasteiger partial charge < -0.3 is 28.9 Å². The first-order valence-corrected chi connectivity index (χ1v) is 18.5. The molecule has 0 atom stereocenters. The SMILES string of the molecule is CCC1=C(C)c2nc1cc1[nH]c(cc3nc(cc4[nH]c(c(C)c4CC)c2-c2cc(OC)cc(OC)c2)C(C)=C3CCC(=O)OC)c(CCC(=O)OC)c1C. The summed E-state index contributed by atoms with van der Waals surface area (Å²) in [5.74, 6) is 0.794. The molecule has 0 saturated carbocycles. The van der Waals surface area contributed by atoms with Gasteiger partial charge in [0.2, 0.25) is 0 Å². The van der Waals surface area contributed by atoms with Crippen molar-refractivity contribution in [3.8, 4) is 22.6 Å². The number of hydrogen-bond donors (Lipinski definition) is 2. The minimum atomic E-state index is -0.282. The maximum atomic E-state index is 12.4. The molecule has 0 spiro atoms. The van der Waals surface area contributed by atoms with Gasteiger partial charge in [-0.3, -0.25) is 9.59 Å². The Hall–Kier alpha value is -5.64. The van der Waals surface area contributed by atoms with E-state index < -0.39 is 0 Å². The molecule has 1 aromatic carbocycles. The first kappa shape index (κ1) is 38.1. The van der Waals surface area contributed by atoms with Gasteiger partial charge in [-0.15, -0.1) is 0 Å². The average Bonchev–Trinajstić information content (AvgIpc) is 3.85. The second-order valence-corrected chi connectivity index (χ2v) is 13.8. The van der Waals surface area contributed by atoms with Crippen molar-refractivity contribution >= 4 is 56.3 Å². The molecule has 8 bridgehead atoms. The van der Waals surface area contributed by atoms with Crippen molar-refractivity contribution in [2.75, 3.05) is 28.4 Å². The second kappa shape index (κ2) is 15.8. The fourth-order valence-electron chi connectivity index (χ4n) is 7.79. The lowest BCUT2D eigenvalue weighted by Crippen LogP contribution is -2.02. The minimum Gasteiger partial charge on any atom is -0.497 e. The summed E-state index contributed by atoms with van der Waals surface area (Å²) in [6.07, 6.45) is 2.96. The Morgan fingerprint density at radius 2 is 1.20 bits per heavy atom. The molecule has 0 amide bonds. The molecule has 0 aliphatic carbocycles. The van der Waals surface area contributed by atoms with Crippen LogP contribution in [0.4, 0.5) is 0 Å². The molecular weight excluding hydrogens is 681 g/mol. The number of carbonyl (C=O) groups is 2. The summed E-state index contributed by atoms with van der Waals surface area (Å²) in [5.41, 5.74) is 17.3. The van der Waals surface area contributed by atoms with Crippen molar-refractivity contribution in [2.45, 2.75) is 80.1 Å². The Morgan fingerprint density at radius 1 is 0.611 bits per heavy atom. The van der Waals surface area contributed by atoms with Gasteiger partial charge in [-0.05, 0) is 134 Å². The maximum Gasteiger partial charge on any atom is 0.305 e. The highest BCUT2D eigenvalue weighted by Gasteiger charge is 2.25. The van der Waals surface area contributed by atoms with Gasteiger partial charge in [-0.1, -0.05) is 13.8 Å². The number of allylic oxidation sites excluding steroid dienone is 4. The van der Waals surface area contributed by atoms with Crippen LogP contribution in [-0.2, 0) is 31.9 Å². The zero-order valence-electron chi connectivity index (χ0n) is 33.1. The van der Waals surface area contributed by atoms with E-state index in [-0.39, 0.29) is 24.8 Å². The van der Waals surface area contributed by atoms with Crippen LogP contribution in [0.25, 0.3) is 55.5 Å². The summed E-state index contributed by atoms with van der Waals surface area (Å²) < 4.78 is 21.6. The highest BCUT2D eigenvalue weighted by atomic mass is 16.5. The summed E-state index contributed by atoms with van der Waals surface area (Å²) in [7, 11) is 6.13. The summed E-state index contributed by atoms with van der Waals surface area (Å²) in [5, 5.41) is 0. The third-order valence-corrected chi connectivity index (χ3v) is 10.9. The molecule has 3 aromatic heterocycles. The number of aromatic nitrogens is 4. The molecular formula is C44H50N4O6. The zero-order chi connectivity index (χ0) is 38.8. The van der Waals surface area contributed by atoms with E-state index in [9.17, 15) is 9.59 Å². The molecule has 54 heavy (non-hydrogen) atoms. The number of nitrogens with zero attached hydrogens (tertiary/aromatic N) is 2. The van der Waals surface area contributed by atoms with Gasteiger partial charge in [0.1, 0.15) is 11.5 Å². The number of nitrogens with one attached hydrogen (secondary N) is 2. The number of methoxy groups -OCH3 is 4. The van der Waals surface area contributed by atoms with Crippen LogP contribution in [0, 0.1) is 13.8 Å². The number of benzene rings is 1. The molecule has 2 aliphatic rings. The number of rotatable bonds is 11. The van der Waals surface area contributed by atoms with Crippen molar-refractivity contribution < 1.29 is 28.5 Å². The van der Waals surface area contributed by atoms with Crippen LogP contribution in [0.15, 0.2) is 36.4 Å². The Morgan fingerprint density at radius 3 is 1.81 bits per heavy atom. The van der Waals surface area contributed by atoms with Crippen molar-refractivity contribution in [1.82, 2.24) is 19.9 Å². The normalized spacial score (nSPS) is 12.7. The summed E-state index contributed by atoms with van der Waals surface area (Å²) in [6.45, 7) is 12.7. The van der Waals surface area contributed by atoms with Crippen molar-refractivity contribution in [3.05, 3.63) is 81.4 Å². The second-order valence-electron chi connectivity index (χ2n) is 13.8. The molecule has 2 N–H and O–H groups in total. The topological polar surface area (TPSA) is 128 Å². The van der Waals surface area contributed by atoms with E-state index in [0.717, 1.165) is 108 Å². The highest BCUT2D eigenvalue weighted by molar-refractivity contribution is 6.01. The molecule has 4 aromatic rings. The van der Waals surface area contributed by atoms with E-state index in [4.69, 9.17) is 28.9 Å². The van der Waals surface area contributed by atoms with Gasteiger partial charge in [0.25, 0.3) is 0 Å². The van der Waals surface area contributed by atoms with E-state index in [0.29, 0.717) is 24.3 Å². The van der Waals surface area contributed by atoms with Crippen LogP contribution < -0.4 is 9.47 Å². The van der Waals surface area contributed by atoms with Crippen LogP contribution in [0.5, 0.6) is 11.5 Å². The number of hydrogen-bond acceptors (Lipinski definition) is 8. The van der Waals surface area contributed by atoms with E-state index in [1.165, 1.54) is 19.8 Å². The largest absolute Gasteiger partial charge is 0.497 e. The molecule has 5 heterocycles. The summed E-state index contributed by atoms with van der Waals surface area (Å²) >= 11 is 0. The Labute approximate surface area is 316 Å². The minimum absolute atomic E-state index is 0.222.